The zero-order valence-electron chi connectivity index (χ0n) is 8.99. The summed E-state index contributed by atoms with van der Waals surface area (Å²) in [6.07, 6.45) is 2.65. The Morgan fingerprint density at radius 1 is 0.875 bits per heavy atom. The van der Waals surface area contributed by atoms with Gasteiger partial charge in [-0.15, -0.1) is 0 Å². The molecule has 0 saturated heterocycles. The van der Waals surface area contributed by atoms with Crippen molar-refractivity contribution in [1.29, 1.82) is 0 Å². The molecule has 0 spiro atoms. The minimum atomic E-state index is -0.189. The van der Waals surface area contributed by atoms with Gasteiger partial charge in [0.1, 0.15) is 5.82 Å². The predicted molar refractivity (Wildman–Crippen MR) is 65.7 cm³/mol. The van der Waals surface area contributed by atoms with Crippen molar-refractivity contribution in [3.8, 4) is 0 Å². The van der Waals surface area contributed by atoms with Crippen LogP contribution in [0.2, 0.25) is 0 Å². The van der Waals surface area contributed by atoms with Crippen molar-refractivity contribution in [3.05, 3.63) is 77.6 Å². The van der Waals surface area contributed by atoms with Crippen LogP contribution in [0.3, 0.4) is 0 Å². The van der Waals surface area contributed by atoms with E-state index in [-0.39, 0.29) is 5.82 Å². The second-order valence-corrected chi connectivity index (χ2v) is 3.75. The van der Waals surface area contributed by atoms with E-state index in [1.54, 1.807) is 0 Å². The van der Waals surface area contributed by atoms with E-state index in [9.17, 15) is 4.39 Å². The van der Waals surface area contributed by atoms with E-state index in [0.29, 0.717) is 0 Å². The molecule has 2 aromatic rings. The number of benzene rings is 2. The zero-order valence-corrected chi connectivity index (χ0v) is 8.99. The van der Waals surface area contributed by atoms with Crippen molar-refractivity contribution >= 4 is 6.08 Å². The van der Waals surface area contributed by atoms with E-state index < -0.39 is 0 Å². The average Bonchev–Trinajstić information content (AvgIpc) is 2.33. The quantitative estimate of drug-likeness (QED) is 0.719. The molecule has 0 fully saturated rings. The maximum absolute atomic E-state index is 12.7. The third-order valence-electron chi connectivity index (χ3n) is 2.54. The van der Waals surface area contributed by atoms with Crippen LogP contribution in [0.25, 0.3) is 6.08 Å². The minimum Gasteiger partial charge on any atom is -0.207 e. The van der Waals surface area contributed by atoms with Gasteiger partial charge in [0.2, 0.25) is 0 Å². The second kappa shape index (κ2) is 4.75. The second-order valence-electron chi connectivity index (χ2n) is 3.75. The molecule has 2 aromatic carbocycles. The molecular formula is C15H13F. The lowest BCUT2D eigenvalue weighted by Gasteiger charge is -2.02. The first-order chi connectivity index (χ1) is 7.78. The minimum absolute atomic E-state index is 0.189. The van der Waals surface area contributed by atoms with Crippen LogP contribution in [0.5, 0.6) is 0 Å². The lowest BCUT2D eigenvalue weighted by atomic mass is 10.0. The molecule has 0 radical (unpaired) electrons. The van der Waals surface area contributed by atoms with Crippen LogP contribution in [-0.2, 0) is 6.42 Å². The molecule has 0 heterocycles. The summed E-state index contributed by atoms with van der Waals surface area (Å²) in [7, 11) is 0. The summed E-state index contributed by atoms with van der Waals surface area (Å²) in [5.41, 5.74) is 3.45. The Morgan fingerprint density at radius 3 is 1.88 bits per heavy atom. The molecule has 1 heteroatoms. The molecule has 0 aromatic heterocycles. The topological polar surface area (TPSA) is 0 Å². The van der Waals surface area contributed by atoms with Crippen LogP contribution < -0.4 is 0 Å². The fourth-order valence-corrected chi connectivity index (χ4v) is 1.61. The van der Waals surface area contributed by atoms with Gasteiger partial charge in [0, 0.05) is 0 Å². The van der Waals surface area contributed by atoms with Gasteiger partial charge in [0.25, 0.3) is 0 Å². The molecule has 0 nitrogen and oxygen atoms in total. The van der Waals surface area contributed by atoms with Crippen molar-refractivity contribution in [1.82, 2.24) is 0 Å². The Labute approximate surface area is 95.1 Å². The lowest BCUT2D eigenvalue weighted by molar-refractivity contribution is 0.627. The molecule has 16 heavy (non-hydrogen) atoms. The van der Waals surface area contributed by atoms with Crippen LogP contribution in [0.4, 0.5) is 4.39 Å². The average molecular weight is 212 g/mol. The number of rotatable bonds is 3. The molecule has 0 unspecified atom stereocenters. The third-order valence-corrected chi connectivity index (χ3v) is 2.54. The smallest absolute Gasteiger partial charge is 0.123 e. The van der Waals surface area contributed by atoms with Crippen LogP contribution >= 0.6 is 0 Å². The monoisotopic (exact) mass is 212 g/mol. The van der Waals surface area contributed by atoms with Gasteiger partial charge in [0.05, 0.1) is 0 Å². The molecule has 0 aliphatic rings. The maximum atomic E-state index is 12.7. The van der Waals surface area contributed by atoms with E-state index in [2.05, 4.69) is 18.7 Å². The molecule has 80 valence electrons. The molecule has 0 bridgehead atoms. The van der Waals surface area contributed by atoms with Crippen LogP contribution in [0.15, 0.2) is 55.1 Å². The Balaban J connectivity index is 2.14. The Kier molecular flexibility index (Phi) is 3.16. The largest absolute Gasteiger partial charge is 0.207 e. The molecule has 0 saturated carbocycles. The summed E-state index contributed by atoms with van der Waals surface area (Å²) in [5, 5.41) is 0. The van der Waals surface area contributed by atoms with Gasteiger partial charge in [-0.25, -0.2) is 4.39 Å². The summed E-state index contributed by atoms with van der Waals surface area (Å²) < 4.78 is 12.7. The highest BCUT2D eigenvalue weighted by Crippen LogP contribution is 2.12. The third kappa shape index (κ3) is 2.57. The Morgan fingerprint density at radius 2 is 1.38 bits per heavy atom. The number of hydrogen-bond donors (Lipinski definition) is 0. The maximum Gasteiger partial charge on any atom is 0.123 e. The SMILES string of the molecule is C=Cc1ccc(Cc2ccc(F)cc2)cc1. The fourth-order valence-electron chi connectivity index (χ4n) is 1.61. The Bertz CT molecular complexity index is 466. The van der Waals surface area contributed by atoms with Crippen molar-refractivity contribution in [2.24, 2.45) is 0 Å². The van der Waals surface area contributed by atoms with Crippen molar-refractivity contribution in [3.63, 3.8) is 0 Å². The molecule has 0 N–H and O–H groups in total. The highest BCUT2D eigenvalue weighted by Gasteiger charge is 1.96. The lowest BCUT2D eigenvalue weighted by Crippen LogP contribution is -1.88. The molecule has 0 aliphatic carbocycles. The highest BCUT2D eigenvalue weighted by molar-refractivity contribution is 5.47. The first-order valence-electron chi connectivity index (χ1n) is 5.24. The van der Waals surface area contributed by atoms with Gasteiger partial charge in [-0.2, -0.15) is 0 Å². The van der Waals surface area contributed by atoms with E-state index in [0.717, 1.165) is 17.5 Å². The summed E-state index contributed by atoms with van der Waals surface area (Å²) in [6.45, 7) is 3.71. The Hall–Kier alpha value is -1.89. The van der Waals surface area contributed by atoms with Gasteiger partial charge < -0.3 is 0 Å². The van der Waals surface area contributed by atoms with Gasteiger partial charge in [0.15, 0.2) is 0 Å². The van der Waals surface area contributed by atoms with Gasteiger partial charge in [-0.1, -0.05) is 49.1 Å². The first kappa shape index (κ1) is 10.6. The number of halogens is 1. The standard InChI is InChI=1S/C15H13F/c1-2-12-3-5-13(6-4-12)11-14-7-9-15(16)10-8-14/h2-10H,1,11H2. The van der Waals surface area contributed by atoms with Crippen LogP contribution in [0, 0.1) is 5.82 Å². The summed E-state index contributed by atoms with van der Waals surface area (Å²) >= 11 is 0. The summed E-state index contributed by atoms with van der Waals surface area (Å²) in [6, 6.07) is 14.8. The fraction of sp³-hybridized carbons (Fsp3) is 0.0667. The normalized spacial score (nSPS) is 10.1. The van der Waals surface area contributed by atoms with Crippen molar-refractivity contribution in [2.45, 2.75) is 6.42 Å². The van der Waals surface area contributed by atoms with Crippen LogP contribution in [-0.4, -0.2) is 0 Å². The van der Waals surface area contributed by atoms with E-state index in [4.69, 9.17) is 0 Å². The summed E-state index contributed by atoms with van der Waals surface area (Å²) in [4.78, 5) is 0. The van der Waals surface area contributed by atoms with Crippen molar-refractivity contribution in [2.75, 3.05) is 0 Å². The number of hydrogen-bond acceptors (Lipinski definition) is 0. The van der Waals surface area contributed by atoms with E-state index >= 15 is 0 Å². The first-order valence-corrected chi connectivity index (χ1v) is 5.24. The van der Waals surface area contributed by atoms with Crippen molar-refractivity contribution < 1.29 is 4.39 Å². The molecular weight excluding hydrogens is 199 g/mol. The highest BCUT2D eigenvalue weighted by atomic mass is 19.1. The van der Waals surface area contributed by atoms with Gasteiger partial charge in [-0.05, 0) is 35.2 Å². The van der Waals surface area contributed by atoms with E-state index in [1.165, 1.54) is 17.7 Å². The van der Waals surface area contributed by atoms with Crippen LogP contribution in [0.1, 0.15) is 16.7 Å². The predicted octanol–water partition coefficient (Wildman–Crippen LogP) is 4.06. The molecule has 2 rings (SSSR count). The molecule has 0 atom stereocenters. The zero-order chi connectivity index (χ0) is 11.4. The van der Waals surface area contributed by atoms with E-state index in [1.807, 2.05) is 30.3 Å². The molecule has 0 amide bonds. The molecule has 0 aliphatic heterocycles. The summed E-state index contributed by atoms with van der Waals surface area (Å²) in [5.74, 6) is -0.189. The van der Waals surface area contributed by atoms with Gasteiger partial charge in [-0.3, -0.25) is 0 Å². The van der Waals surface area contributed by atoms with Gasteiger partial charge >= 0.3 is 0 Å².